The molecule has 0 aliphatic carbocycles. The number of piperidine rings is 1. The summed E-state index contributed by atoms with van der Waals surface area (Å²) in [5.74, 6) is 0.112. The van der Waals surface area contributed by atoms with Crippen molar-refractivity contribution in [3.63, 3.8) is 0 Å². The highest BCUT2D eigenvalue weighted by Gasteiger charge is 2.24. The number of rotatable bonds is 3. The first kappa shape index (κ1) is 14.4. The number of hydrogen-bond donors (Lipinski definition) is 0. The summed E-state index contributed by atoms with van der Waals surface area (Å²) in [7, 11) is 0. The molecule has 0 spiro atoms. The summed E-state index contributed by atoms with van der Waals surface area (Å²) in [5.41, 5.74) is 0. The number of hydrogen-bond acceptors (Lipinski definition) is 6. The number of likely N-dealkylation sites (tertiary alicyclic amines) is 1. The number of carbonyl (C=O) groups excluding carboxylic acids is 1. The highest BCUT2D eigenvalue weighted by Crippen LogP contribution is 2.16. The van der Waals surface area contributed by atoms with Gasteiger partial charge in [-0.05, 0) is 24.8 Å². The second-order valence-electron chi connectivity index (χ2n) is 5.52. The first-order valence-corrected chi connectivity index (χ1v) is 7.27. The fourth-order valence-electron chi connectivity index (χ4n) is 2.63. The molecule has 1 amide bonds. The Hall–Kier alpha value is -2.51. The Bertz CT molecular complexity index is 709. The fourth-order valence-corrected chi connectivity index (χ4v) is 2.63. The van der Waals surface area contributed by atoms with Crippen LogP contribution >= 0.6 is 0 Å². The van der Waals surface area contributed by atoms with Crippen LogP contribution in [0.4, 0.5) is 0 Å². The molecular formula is C14H17N5O3. The maximum atomic E-state index is 12.4. The van der Waals surface area contributed by atoms with Crippen LogP contribution in [0.5, 0.6) is 0 Å². The first-order valence-electron chi connectivity index (χ1n) is 7.27. The zero-order valence-electron chi connectivity index (χ0n) is 12.3. The average Bonchev–Trinajstić information content (AvgIpc) is 2.89. The molecular weight excluding hydrogens is 286 g/mol. The van der Waals surface area contributed by atoms with Gasteiger partial charge in [-0.25, -0.2) is 19.3 Å². The van der Waals surface area contributed by atoms with E-state index >= 15 is 0 Å². The van der Waals surface area contributed by atoms with Gasteiger partial charge < -0.3 is 4.90 Å². The molecule has 8 heteroatoms. The van der Waals surface area contributed by atoms with Crippen LogP contribution in [0, 0.1) is 5.92 Å². The van der Waals surface area contributed by atoms with Gasteiger partial charge in [0.05, 0.1) is 0 Å². The second-order valence-corrected chi connectivity index (χ2v) is 5.52. The van der Waals surface area contributed by atoms with Crippen LogP contribution in [0.2, 0.25) is 0 Å². The molecule has 0 radical (unpaired) electrons. The van der Waals surface area contributed by atoms with Gasteiger partial charge in [0.15, 0.2) is 5.82 Å². The van der Waals surface area contributed by atoms with E-state index in [0.717, 1.165) is 25.9 Å². The van der Waals surface area contributed by atoms with Crippen molar-refractivity contribution in [1.29, 1.82) is 0 Å². The molecule has 0 N–H and O–H groups in total. The van der Waals surface area contributed by atoms with Gasteiger partial charge in [-0.15, -0.1) is 0 Å². The first-order chi connectivity index (χ1) is 10.6. The van der Waals surface area contributed by atoms with Gasteiger partial charge in [-0.3, -0.25) is 9.32 Å². The van der Waals surface area contributed by atoms with E-state index in [1.807, 2.05) is 0 Å². The molecule has 0 aromatic carbocycles. The molecule has 116 valence electrons. The Labute approximate surface area is 126 Å². The van der Waals surface area contributed by atoms with Gasteiger partial charge in [-0.2, -0.15) is 0 Å². The summed E-state index contributed by atoms with van der Waals surface area (Å²) in [6, 6.07) is 1.66. The van der Waals surface area contributed by atoms with Crippen LogP contribution in [-0.2, 0) is 11.3 Å². The molecule has 3 heterocycles. The lowest BCUT2D eigenvalue weighted by Gasteiger charge is -2.30. The van der Waals surface area contributed by atoms with E-state index in [1.54, 1.807) is 23.4 Å². The van der Waals surface area contributed by atoms with Gasteiger partial charge in [0.2, 0.25) is 11.7 Å². The summed E-state index contributed by atoms with van der Waals surface area (Å²) in [4.78, 5) is 34.1. The summed E-state index contributed by atoms with van der Waals surface area (Å²) < 4.78 is 5.84. The van der Waals surface area contributed by atoms with E-state index in [4.69, 9.17) is 0 Å². The SMILES string of the molecule is C[C@@H]1CCCN(C(=O)Cn2c(-c3ncccn3)noc2=O)C1. The minimum Gasteiger partial charge on any atom is -0.341 e. The standard InChI is InChI=1S/C14H17N5O3/c1-10-4-2-7-18(8-10)11(20)9-19-13(17-22-14(19)21)12-15-5-3-6-16-12/h3,5-6,10H,2,4,7-9H2,1H3/t10-/m1/s1. The molecule has 1 aliphatic heterocycles. The van der Waals surface area contributed by atoms with E-state index in [2.05, 4.69) is 26.6 Å². The number of nitrogens with zero attached hydrogens (tertiary/aromatic N) is 5. The predicted molar refractivity (Wildman–Crippen MR) is 76.8 cm³/mol. The van der Waals surface area contributed by atoms with E-state index in [9.17, 15) is 9.59 Å². The van der Waals surface area contributed by atoms with E-state index in [0.29, 0.717) is 5.92 Å². The summed E-state index contributed by atoms with van der Waals surface area (Å²) in [6.45, 7) is 3.45. The summed E-state index contributed by atoms with van der Waals surface area (Å²) in [5, 5.41) is 3.68. The molecule has 1 saturated heterocycles. The zero-order valence-corrected chi connectivity index (χ0v) is 12.3. The lowest BCUT2D eigenvalue weighted by molar-refractivity contribution is -0.133. The molecule has 1 fully saturated rings. The van der Waals surface area contributed by atoms with Crippen molar-refractivity contribution in [2.24, 2.45) is 5.92 Å². The maximum absolute atomic E-state index is 12.4. The largest absolute Gasteiger partial charge is 0.442 e. The minimum absolute atomic E-state index is 0.108. The van der Waals surface area contributed by atoms with Crippen LogP contribution in [0.1, 0.15) is 19.8 Å². The van der Waals surface area contributed by atoms with Gasteiger partial charge in [0.1, 0.15) is 6.54 Å². The lowest BCUT2D eigenvalue weighted by atomic mass is 10.0. The third-order valence-corrected chi connectivity index (χ3v) is 3.76. The highest BCUT2D eigenvalue weighted by atomic mass is 16.5. The Morgan fingerprint density at radius 2 is 2.18 bits per heavy atom. The number of aromatic nitrogens is 4. The molecule has 2 aromatic rings. The van der Waals surface area contributed by atoms with Crippen molar-refractivity contribution in [1.82, 2.24) is 24.6 Å². The van der Waals surface area contributed by atoms with Crippen LogP contribution in [0.25, 0.3) is 11.6 Å². The van der Waals surface area contributed by atoms with Gasteiger partial charge in [0.25, 0.3) is 0 Å². The average molecular weight is 303 g/mol. The smallest absolute Gasteiger partial charge is 0.341 e. The van der Waals surface area contributed by atoms with E-state index in [-0.39, 0.29) is 24.1 Å². The molecule has 22 heavy (non-hydrogen) atoms. The van der Waals surface area contributed by atoms with E-state index < -0.39 is 5.76 Å². The third kappa shape index (κ3) is 2.90. The van der Waals surface area contributed by atoms with Crippen molar-refractivity contribution in [3.8, 4) is 11.6 Å². The van der Waals surface area contributed by atoms with Gasteiger partial charge in [0, 0.05) is 25.5 Å². The lowest BCUT2D eigenvalue weighted by Crippen LogP contribution is -2.41. The van der Waals surface area contributed by atoms with Crippen LogP contribution in [0.15, 0.2) is 27.8 Å². The van der Waals surface area contributed by atoms with Crippen molar-refractivity contribution < 1.29 is 9.32 Å². The number of carbonyl (C=O) groups is 1. The normalized spacial score (nSPS) is 18.4. The molecule has 8 nitrogen and oxygen atoms in total. The molecule has 0 saturated carbocycles. The van der Waals surface area contributed by atoms with Crippen LogP contribution in [0.3, 0.4) is 0 Å². The molecule has 2 aromatic heterocycles. The number of amides is 1. The second kappa shape index (κ2) is 6.08. The Balaban J connectivity index is 1.82. The maximum Gasteiger partial charge on any atom is 0.442 e. The molecule has 3 rings (SSSR count). The van der Waals surface area contributed by atoms with Gasteiger partial charge >= 0.3 is 5.76 Å². The van der Waals surface area contributed by atoms with E-state index in [1.165, 1.54) is 4.57 Å². The third-order valence-electron chi connectivity index (χ3n) is 3.76. The molecule has 0 unspecified atom stereocenters. The Kier molecular flexibility index (Phi) is 3.99. The van der Waals surface area contributed by atoms with Crippen molar-refractivity contribution in [2.75, 3.05) is 13.1 Å². The van der Waals surface area contributed by atoms with Crippen molar-refractivity contribution >= 4 is 5.91 Å². The predicted octanol–water partition coefficient (Wildman–Crippen LogP) is 0.552. The van der Waals surface area contributed by atoms with Crippen LogP contribution < -0.4 is 5.76 Å². The summed E-state index contributed by atoms with van der Waals surface area (Å²) in [6.07, 6.45) is 5.19. The molecule has 1 aliphatic rings. The van der Waals surface area contributed by atoms with Gasteiger partial charge in [-0.1, -0.05) is 12.1 Å². The van der Waals surface area contributed by atoms with Crippen LogP contribution in [-0.4, -0.2) is 43.6 Å². The fraction of sp³-hybridized carbons (Fsp3) is 0.500. The monoisotopic (exact) mass is 303 g/mol. The molecule has 1 atom stereocenters. The van der Waals surface area contributed by atoms with Crippen molar-refractivity contribution in [3.05, 3.63) is 29.0 Å². The molecule has 0 bridgehead atoms. The Morgan fingerprint density at radius 1 is 1.41 bits per heavy atom. The quantitative estimate of drug-likeness (QED) is 0.822. The summed E-state index contributed by atoms with van der Waals surface area (Å²) >= 11 is 0. The topological polar surface area (TPSA) is 94.1 Å². The minimum atomic E-state index is -0.680. The van der Waals surface area contributed by atoms with Crippen molar-refractivity contribution in [2.45, 2.75) is 26.3 Å². The Morgan fingerprint density at radius 3 is 2.91 bits per heavy atom. The zero-order chi connectivity index (χ0) is 15.5. The highest BCUT2D eigenvalue weighted by molar-refractivity contribution is 5.76.